The molecule has 1 aromatic rings. The predicted octanol–water partition coefficient (Wildman–Crippen LogP) is 1.91. The Labute approximate surface area is 119 Å². The molecule has 4 nitrogen and oxygen atoms in total. The summed E-state index contributed by atoms with van der Waals surface area (Å²) in [5.41, 5.74) is -1.58. The maximum absolute atomic E-state index is 12.8. The van der Waals surface area contributed by atoms with E-state index in [1.807, 2.05) is 5.32 Å². The molecule has 3 unspecified atom stereocenters. The van der Waals surface area contributed by atoms with Gasteiger partial charge in [-0.05, 0) is 12.5 Å². The number of Topliss-reactive ketones (excluding diaryl/α,β-unsaturated/α-hetero) is 1. The molecular weight excluding hydrogens is 292 g/mol. The Kier molecular flexibility index (Phi) is 6.04. The lowest BCUT2D eigenvalue weighted by Gasteiger charge is -2.22. The van der Waals surface area contributed by atoms with Crippen LogP contribution in [0.2, 0.25) is 0 Å². The maximum Gasteiger partial charge on any atom is 0.270 e. The van der Waals surface area contributed by atoms with Crippen LogP contribution in [0.1, 0.15) is 28.9 Å². The molecule has 0 bridgehead atoms. The third-order valence-electron chi connectivity index (χ3n) is 2.73. The summed E-state index contributed by atoms with van der Waals surface area (Å²) in [7, 11) is 0. The summed E-state index contributed by atoms with van der Waals surface area (Å²) in [4.78, 5) is 22.2. The van der Waals surface area contributed by atoms with Gasteiger partial charge in [0, 0.05) is 5.56 Å². The smallest absolute Gasteiger partial charge is 0.270 e. The number of rotatable bonds is 6. The molecule has 110 valence electrons. The molecule has 3 atom stereocenters. The van der Waals surface area contributed by atoms with Crippen LogP contribution in [0.5, 0.6) is 0 Å². The van der Waals surface area contributed by atoms with Crippen LogP contribution >= 0.6 is 11.6 Å². The normalized spacial score (nSPS) is 15.2. The van der Waals surface area contributed by atoms with Crippen LogP contribution in [-0.4, -0.2) is 35.1 Å². The van der Waals surface area contributed by atoms with Crippen molar-refractivity contribution in [2.24, 2.45) is 0 Å². The highest BCUT2D eigenvalue weighted by molar-refractivity contribution is 6.29. The van der Waals surface area contributed by atoms with Crippen molar-refractivity contribution in [2.45, 2.75) is 24.7 Å². The minimum absolute atomic E-state index is 0.149. The monoisotopic (exact) mass is 305 g/mol. The second kappa shape index (κ2) is 7.31. The molecule has 0 saturated carbocycles. The van der Waals surface area contributed by atoms with Crippen LogP contribution < -0.4 is 5.32 Å². The lowest BCUT2D eigenvalue weighted by atomic mass is 10.0. The Bertz CT molecular complexity index is 479. The molecule has 0 spiro atoms. The van der Waals surface area contributed by atoms with E-state index < -0.39 is 30.4 Å². The summed E-state index contributed by atoms with van der Waals surface area (Å²) in [6.45, 7) is 0.295. The second-order valence-corrected chi connectivity index (χ2v) is 4.58. The zero-order valence-electron chi connectivity index (χ0n) is 10.6. The summed E-state index contributed by atoms with van der Waals surface area (Å²) in [6.07, 6.45) is -1.37. The minimum Gasteiger partial charge on any atom is -0.386 e. The van der Waals surface area contributed by atoms with Crippen molar-refractivity contribution in [1.82, 2.24) is 5.32 Å². The number of nitrogens with one attached hydrogen (secondary N) is 1. The lowest BCUT2D eigenvalue weighted by Crippen LogP contribution is -2.43. The molecule has 0 fully saturated rings. The number of aliphatic hydroxyl groups is 1. The van der Waals surface area contributed by atoms with Gasteiger partial charge in [0.25, 0.3) is 11.5 Å². The van der Waals surface area contributed by atoms with E-state index in [9.17, 15) is 23.5 Å². The van der Waals surface area contributed by atoms with Gasteiger partial charge in [0.2, 0.25) is 0 Å². The number of carbonyl (C=O) groups excluding carboxylic acids is 2. The summed E-state index contributed by atoms with van der Waals surface area (Å²) in [6, 6.07) is 4.49. The molecule has 1 rings (SSSR count). The Morgan fingerprint density at radius 2 is 1.90 bits per heavy atom. The van der Waals surface area contributed by atoms with Gasteiger partial charge in [0.1, 0.15) is 12.8 Å². The summed E-state index contributed by atoms with van der Waals surface area (Å²) < 4.78 is 25.3. The number of hydrogen-bond donors (Lipinski definition) is 2. The molecule has 0 aliphatic heterocycles. The highest BCUT2D eigenvalue weighted by Gasteiger charge is 2.25. The zero-order chi connectivity index (χ0) is 15.3. The SMILES string of the molecule is CC(=O)c1ccc(C(O)C(CF)NC(=O)C(F)Cl)cc1. The Morgan fingerprint density at radius 3 is 2.30 bits per heavy atom. The quantitative estimate of drug-likeness (QED) is 0.623. The number of aliphatic hydroxyl groups excluding tert-OH is 1. The number of amides is 1. The molecule has 0 heterocycles. The molecule has 1 aromatic carbocycles. The highest BCUT2D eigenvalue weighted by atomic mass is 35.5. The molecule has 0 aromatic heterocycles. The molecular formula is C13H14ClF2NO3. The van der Waals surface area contributed by atoms with Gasteiger partial charge in [-0.2, -0.15) is 0 Å². The van der Waals surface area contributed by atoms with Gasteiger partial charge in [-0.1, -0.05) is 35.9 Å². The van der Waals surface area contributed by atoms with Crippen molar-refractivity contribution in [3.63, 3.8) is 0 Å². The van der Waals surface area contributed by atoms with E-state index in [-0.39, 0.29) is 5.78 Å². The number of carbonyl (C=O) groups is 2. The molecule has 0 aliphatic carbocycles. The third-order valence-corrected chi connectivity index (χ3v) is 2.93. The second-order valence-electron chi connectivity index (χ2n) is 4.19. The topological polar surface area (TPSA) is 66.4 Å². The van der Waals surface area contributed by atoms with E-state index in [1.54, 1.807) is 0 Å². The molecule has 20 heavy (non-hydrogen) atoms. The van der Waals surface area contributed by atoms with Crippen LogP contribution in [0.4, 0.5) is 8.78 Å². The van der Waals surface area contributed by atoms with Gasteiger partial charge in [-0.25, -0.2) is 8.78 Å². The predicted molar refractivity (Wildman–Crippen MR) is 70.1 cm³/mol. The van der Waals surface area contributed by atoms with E-state index >= 15 is 0 Å². The van der Waals surface area contributed by atoms with E-state index in [0.717, 1.165) is 0 Å². The van der Waals surface area contributed by atoms with Gasteiger partial charge in [0.15, 0.2) is 5.78 Å². The minimum atomic E-state index is -2.31. The maximum atomic E-state index is 12.8. The van der Waals surface area contributed by atoms with Crippen LogP contribution in [0.3, 0.4) is 0 Å². The van der Waals surface area contributed by atoms with Gasteiger partial charge < -0.3 is 10.4 Å². The first-order valence-electron chi connectivity index (χ1n) is 5.80. The first kappa shape index (κ1) is 16.5. The van der Waals surface area contributed by atoms with Gasteiger partial charge >= 0.3 is 0 Å². The number of alkyl halides is 3. The van der Waals surface area contributed by atoms with Crippen molar-refractivity contribution >= 4 is 23.3 Å². The summed E-state index contributed by atoms with van der Waals surface area (Å²) in [5.74, 6) is -1.36. The Hall–Kier alpha value is -1.53. The third kappa shape index (κ3) is 4.25. The Balaban J connectivity index is 2.82. The largest absolute Gasteiger partial charge is 0.386 e. The number of hydrogen-bond acceptors (Lipinski definition) is 3. The average molecular weight is 306 g/mol. The van der Waals surface area contributed by atoms with Gasteiger partial charge in [0.05, 0.1) is 6.04 Å². The van der Waals surface area contributed by atoms with Crippen LogP contribution in [0.15, 0.2) is 24.3 Å². The molecule has 0 saturated heterocycles. The number of halogens is 3. The number of benzene rings is 1. The van der Waals surface area contributed by atoms with E-state index in [4.69, 9.17) is 11.6 Å². The number of ketones is 1. The summed E-state index contributed by atoms with van der Waals surface area (Å²) >= 11 is 4.92. The van der Waals surface area contributed by atoms with Crippen LogP contribution in [-0.2, 0) is 4.79 Å². The lowest BCUT2D eigenvalue weighted by molar-refractivity contribution is -0.125. The molecule has 0 radical (unpaired) electrons. The van der Waals surface area contributed by atoms with Gasteiger partial charge in [-0.15, -0.1) is 0 Å². The van der Waals surface area contributed by atoms with Crippen molar-refractivity contribution in [1.29, 1.82) is 0 Å². The molecule has 1 amide bonds. The fraction of sp³-hybridized carbons (Fsp3) is 0.385. The van der Waals surface area contributed by atoms with Crippen LogP contribution in [0.25, 0.3) is 0 Å². The van der Waals surface area contributed by atoms with Crippen molar-refractivity contribution in [3.05, 3.63) is 35.4 Å². The Morgan fingerprint density at radius 1 is 1.35 bits per heavy atom. The van der Waals surface area contributed by atoms with Crippen molar-refractivity contribution in [3.8, 4) is 0 Å². The molecule has 7 heteroatoms. The fourth-order valence-corrected chi connectivity index (χ4v) is 1.66. The summed E-state index contributed by atoms with van der Waals surface area (Å²) in [5, 5.41) is 11.9. The standard InChI is InChI=1S/C13H14ClF2NO3/c1-7(18)8-2-4-9(5-3-8)11(19)10(6-15)17-13(20)12(14)16/h2-5,10-12,19H,6H2,1H3,(H,17,20). The molecule has 2 N–H and O–H groups in total. The van der Waals surface area contributed by atoms with Crippen LogP contribution in [0, 0.1) is 0 Å². The average Bonchev–Trinajstić information content (AvgIpc) is 2.43. The van der Waals surface area contributed by atoms with Gasteiger partial charge in [-0.3, -0.25) is 9.59 Å². The molecule has 0 aliphatic rings. The highest BCUT2D eigenvalue weighted by Crippen LogP contribution is 2.19. The fourth-order valence-electron chi connectivity index (χ4n) is 1.59. The van der Waals surface area contributed by atoms with E-state index in [1.165, 1.54) is 31.2 Å². The zero-order valence-corrected chi connectivity index (χ0v) is 11.4. The van der Waals surface area contributed by atoms with E-state index in [2.05, 4.69) is 0 Å². The first-order valence-corrected chi connectivity index (χ1v) is 6.24. The van der Waals surface area contributed by atoms with E-state index in [0.29, 0.717) is 11.1 Å². The van der Waals surface area contributed by atoms with Crippen molar-refractivity contribution < 1.29 is 23.5 Å². The first-order chi connectivity index (χ1) is 9.36. The van der Waals surface area contributed by atoms with Crippen molar-refractivity contribution in [2.75, 3.05) is 6.67 Å².